The number of hydrogen-bond acceptors (Lipinski definition) is 0. The lowest BCUT2D eigenvalue weighted by atomic mass is 9.97. The van der Waals surface area contributed by atoms with Crippen LogP contribution in [0.3, 0.4) is 0 Å². The summed E-state index contributed by atoms with van der Waals surface area (Å²) in [7, 11) is 0. The molecule has 0 aromatic heterocycles. The maximum absolute atomic E-state index is 3.71. The van der Waals surface area contributed by atoms with E-state index in [-0.39, 0.29) is 0 Å². The van der Waals surface area contributed by atoms with Crippen LogP contribution in [0.5, 0.6) is 0 Å². The molecule has 3 unspecified atom stereocenters. The third-order valence-corrected chi connectivity index (χ3v) is 4.32. The van der Waals surface area contributed by atoms with Crippen molar-refractivity contribution in [3.63, 3.8) is 0 Å². The van der Waals surface area contributed by atoms with Crippen LogP contribution >= 0.6 is 0 Å². The lowest BCUT2D eigenvalue weighted by molar-refractivity contribution is -0.523. The summed E-state index contributed by atoms with van der Waals surface area (Å²) in [6.07, 6.45) is 9.78. The fourth-order valence-electron chi connectivity index (χ4n) is 3.63. The minimum Gasteiger partial charge on any atom is -0.196 e. The van der Waals surface area contributed by atoms with E-state index >= 15 is 0 Å². The topological polar surface area (TPSA) is 14.0 Å². The van der Waals surface area contributed by atoms with Crippen LogP contribution in [0.15, 0.2) is 6.58 Å². The van der Waals surface area contributed by atoms with Crippen LogP contribution in [0.4, 0.5) is 0 Å². The fourth-order valence-corrected chi connectivity index (χ4v) is 3.63. The quantitative estimate of drug-likeness (QED) is 0.640. The Morgan fingerprint density at radius 3 is 2.86 bits per heavy atom. The van der Waals surface area contributed by atoms with Crippen molar-refractivity contribution in [1.29, 1.82) is 0 Å². The lowest BCUT2D eigenvalue weighted by Gasteiger charge is -2.10. The van der Waals surface area contributed by atoms with Gasteiger partial charge in [0, 0.05) is 24.8 Å². The van der Waals surface area contributed by atoms with E-state index in [4.69, 9.17) is 0 Å². The van der Waals surface area contributed by atoms with Gasteiger partial charge >= 0.3 is 0 Å². The zero-order chi connectivity index (χ0) is 10.0. The monoisotopic (exact) mass is 192 g/mol. The van der Waals surface area contributed by atoms with Gasteiger partial charge in [-0.05, 0) is 19.3 Å². The summed E-state index contributed by atoms with van der Waals surface area (Å²) in [6.45, 7) is 6.03. The Kier molecular flexibility index (Phi) is 2.78. The number of rotatable bonds is 2. The lowest BCUT2D eigenvalue weighted by Crippen LogP contribution is -2.79. The second-order valence-electron chi connectivity index (χ2n) is 4.92. The Labute approximate surface area is 87.3 Å². The van der Waals surface area contributed by atoms with Crippen LogP contribution in [0, 0.1) is 11.8 Å². The van der Waals surface area contributed by atoms with E-state index in [1.165, 1.54) is 44.9 Å². The van der Waals surface area contributed by atoms with Crippen LogP contribution in [-0.2, 0) is 0 Å². The first-order valence-electron chi connectivity index (χ1n) is 6.14. The van der Waals surface area contributed by atoms with Gasteiger partial charge in [-0.1, -0.05) is 26.2 Å². The first kappa shape index (κ1) is 9.98. The van der Waals surface area contributed by atoms with Crippen molar-refractivity contribution in [3.05, 3.63) is 6.58 Å². The predicted molar refractivity (Wildman–Crippen MR) is 59.3 cm³/mol. The molecule has 1 N–H and O–H groups in total. The fraction of sp³-hybridized carbons (Fsp3) is 0.846. The number of hydrogen-bond donors (Lipinski definition) is 1. The second-order valence-corrected chi connectivity index (χ2v) is 4.92. The molecule has 0 bridgehead atoms. The van der Waals surface area contributed by atoms with Gasteiger partial charge in [-0.15, -0.1) is 0 Å². The van der Waals surface area contributed by atoms with Crippen molar-refractivity contribution in [2.75, 3.05) is 0 Å². The molecule has 0 amide bonds. The molecule has 3 atom stereocenters. The van der Waals surface area contributed by atoms with E-state index in [1.54, 1.807) is 0 Å². The highest BCUT2D eigenvalue weighted by molar-refractivity contribution is 5.39. The first-order chi connectivity index (χ1) is 6.85. The highest BCUT2D eigenvalue weighted by Gasteiger charge is 2.68. The molecular formula is C13H22N+. The second kappa shape index (κ2) is 3.90. The van der Waals surface area contributed by atoms with Gasteiger partial charge in [0.05, 0.1) is 0 Å². The van der Waals surface area contributed by atoms with Gasteiger partial charge in [-0.2, -0.15) is 4.99 Å². The smallest absolute Gasteiger partial charge is 0.176 e. The molecule has 0 aromatic rings. The first-order valence-corrected chi connectivity index (χ1v) is 6.14. The van der Waals surface area contributed by atoms with E-state index in [9.17, 15) is 0 Å². The molecule has 2 rings (SSSR count). The largest absolute Gasteiger partial charge is 0.196 e. The van der Waals surface area contributed by atoms with Crippen LogP contribution in [-0.4, -0.2) is 11.4 Å². The Balaban J connectivity index is 2.13. The molecule has 1 heteroatoms. The van der Waals surface area contributed by atoms with E-state index in [0.717, 1.165) is 11.8 Å². The Morgan fingerprint density at radius 2 is 2.14 bits per heavy atom. The van der Waals surface area contributed by atoms with E-state index in [1.807, 2.05) is 0 Å². The summed E-state index contributed by atoms with van der Waals surface area (Å²) < 4.78 is 0. The molecule has 0 aliphatic heterocycles. The van der Waals surface area contributed by atoms with Gasteiger partial charge < -0.3 is 0 Å². The van der Waals surface area contributed by atoms with E-state index < -0.39 is 0 Å². The van der Waals surface area contributed by atoms with Crippen LogP contribution in [0.2, 0.25) is 0 Å². The summed E-state index contributed by atoms with van der Waals surface area (Å²) in [4.78, 5) is 3.44. The highest BCUT2D eigenvalue weighted by atomic mass is 15.0. The summed E-state index contributed by atoms with van der Waals surface area (Å²) in [6, 6.07) is 0. The molecular weight excluding hydrogens is 170 g/mol. The molecule has 0 saturated heterocycles. The van der Waals surface area contributed by atoms with E-state index in [0.29, 0.717) is 5.54 Å². The Bertz CT molecular complexity index is 252. The van der Waals surface area contributed by atoms with Crippen LogP contribution in [0.25, 0.3) is 0 Å². The van der Waals surface area contributed by atoms with Crippen LogP contribution < -0.4 is 4.99 Å². The van der Waals surface area contributed by atoms with Gasteiger partial charge in [0.1, 0.15) is 0 Å². The van der Waals surface area contributed by atoms with E-state index in [2.05, 4.69) is 24.4 Å². The summed E-state index contributed by atoms with van der Waals surface area (Å²) in [5.74, 6) is 4.75. The summed E-state index contributed by atoms with van der Waals surface area (Å²) in [5, 5.41) is 0. The molecule has 0 spiro atoms. The molecule has 2 aliphatic rings. The molecule has 0 heterocycles. The minimum atomic E-state index is 0.414. The molecule has 2 fully saturated rings. The van der Waals surface area contributed by atoms with Crippen LogP contribution in [0.1, 0.15) is 51.9 Å². The highest BCUT2D eigenvalue weighted by Crippen LogP contribution is 2.55. The van der Waals surface area contributed by atoms with Crippen molar-refractivity contribution < 1.29 is 4.99 Å². The van der Waals surface area contributed by atoms with Gasteiger partial charge in [0.25, 0.3) is 0 Å². The van der Waals surface area contributed by atoms with Gasteiger partial charge in [-0.25, -0.2) is 0 Å². The average Bonchev–Trinajstić information content (AvgIpc) is 2.73. The molecule has 14 heavy (non-hydrogen) atoms. The van der Waals surface area contributed by atoms with Crippen molar-refractivity contribution in [1.82, 2.24) is 0 Å². The summed E-state index contributed by atoms with van der Waals surface area (Å²) in [5.41, 5.74) is 0.414. The zero-order valence-electron chi connectivity index (χ0n) is 9.31. The normalized spacial score (nSPS) is 41.5. The average molecular weight is 192 g/mol. The van der Waals surface area contributed by atoms with Gasteiger partial charge in [0.2, 0.25) is 0 Å². The van der Waals surface area contributed by atoms with Gasteiger partial charge in [0.15, 0.2) is 11.4 Å². The van der Waals surface area contributed by atoms with Crippen molar-refractivity contribution in [2.24, 2.45) is 11.8 Å². The molecule has 0 radical (unpaired) electrons. The van der Waals surface area contributed by atoms with Crippen molar-refractivity contribution in [3.8, 4) is 0 Å². The predicted octanol–water partition coefficient (Wildman–Crippen LogP) is 1.67. The number of fused-ring (bicyclic) bond motifs is 1. The Hall–Kier alpha value is -0.550. The molecule has 78 valence electrons. The molecule has 0 aromatic carbocycles. The van der Waals surface area contributed by atoms with Crippen molar-refractivity contribution >= 4 is 5.87 Å². The van der Waals surface area contributed by atoms with Crippen molar-refractivity contribution in [2.45, 2.75) is 57.4 Å². The summed E-state index contributed by atoms with van der Waals surface area (Å²) >= 11 is 0. The Morgan fingerprint density at radius 1 is 1.36 bits per heavy atom. The third kappa shape index (κ3) is 1.44. The van der Waals surface area contributed by atoms with Gasteiger partial charge in [-0.3, -0.25) is 0 Å². The standard InChI is InChI=1S/C13H21N/c1-3-11-12-9-7-5-6-8-10-13(11,12)14-4-2/h11-12H,2-3,5-10H2,1H3/p+1. The third-order valence-electron chi connectivity index (χ3n) is 4.32. The maximum Gasteiger partial charge on any atom is 0.176 e. The maximum atomic E-state index is 3.71. The molecule has 2 aliphatic carbocycles. The SMILES string of the molecule is C=C=[NH+]C12CCCCCCC1C2CC. The molecule has 1 nitrogen and oxygen atoms in total. The number of nitrogens with one attached hydrogen (secondary N) is 1. The zero-order valence-corrected chi connectivity index (χ0v) is 9.31. The molecule has 2 saturated carbocycles. The minimum absolute atomic E-state index is 0.414.